The highest BCUT2D eigenvalue weighted by Crippen LogP contribution is 2.23. The Morgan fingerprint density at radius 3 is 2.60 bits per heavy atom. The SMILES string of the molecule is CC(C)CC1CCCCN1C(=O)C(C)N. The fourth-order valence-electron chi connectivity index (χ4n) is 2.34. The first-order valence-corrected chi connectivity index (χ1v) is 6.08. The minimum atomic E-state index is -0.349. The maximum absolute atomic E-state index is 11.9. The smallest absolute Gasteiger partial charge is 0.239 e. The standard InChI is InChI=1S/C12H24N2O/c1-9(2)8-11-6-4-5-7-14(11)12(15)10(3)13/h9-11H,4-8,13H2,1-3H3. The second-order valence-electron chi connectivity index (χ2n) is 5.10. The highest BCUT2D eigenvalue weighted by molar-refractivity contribution is 5.81. The highest BCUT2D eigenvalue weighted by Gasteiger charge is 2.28. The summed E-state index contributed by atoms with van der Waals surface area (Å²) in [5.74, 6) is 0.775. The van der Waals surface area contributed by atoms with Crippen molar-refractivity contribution >= 4 is 5.91 Å². The lowest BCUT2D eigenvalue weighted by atomic mass is 9.93. The number of nitrogens with zero attached hydrogens (tertiary/aromatic N) is 1. The van der Waals surface area contributed by atoms with Gasteiger partial charge >= 0.3 is 0 Å². The van der Waals surface area contributed by atoms with Gasteiger partial charge in [-0.05, 0) is 38.5 Å². The van der Waals surface area contributed by atoms with Gasteiger partial charge in [0.25, 0.3) is 0 Å². The van der Waals surface area contributed by atoms with E-state index in [9.17, 15) is 4.79 Å². The van der Waals surface area contributed by atoms with Crippen molar-refractivity contribution < 1.29 is 4.79 Å². The molecule has 88 valence electrons. The van der Waals surface area contributed by atoms with Crippen LogP contribution in [0.3, 0.4) is 0 Å². The molecular formula is C12H24N2O. The topological polar surface area (TPSA) is 46.3 Å². The summed E-state index contributed by atoms with van der Waals surface area (Å²) in [5, 5.41) is 0. The van der Waals surface area contributed by atoms with Crippen LogP contribution in [0, 0.1) is 5.92 Å². The van der Waals surface area contributed by atoms with Gasteiger partial charge in [0.2, 0.25) is 5.91 Å². The molecule has 2 N–H and O–H groups in total. The number of carbonyl (C=O) groups excluding carboxylic acids is 1. The van der Waals surface area contributed by atoms with Crippen molar-refractivity contribution in [3.8, 4) is 0 Å². The van der Waals surface area contributed by atoms with Gasteiger partial charge in [-0.2, -0.15) is 0 Å². The van der Waals surface area contributed by atoms with Gasteiger partial charge in [-0.1, -0.05) is 13.8 Å². The largest absolute Gasteiger partial charge is 0.338 e. The van der Waals surface area contributed by atoms with Crippen LogP contribution in [0.1, 0.15) is 46.5 Å². The lowest BCUT2D eigenvalue weighted by Gasteiger charge is -2.37. The highest BCUT2D eigenvalue weighted by atomic mass is 16.2. The zero-order valence-electron chi connectivity index (χ0n) is 10.2. The summed E-state index contributed by atoms with van der Waals surface area (Å²) < 4.78 is 0. The van der Waals surface area contributed by atoms with Crippen molar-refractivity contribution in [2.45, 2.75) is 58.5 Å². The summed E-state index contributed by atoms with van der Waals surface area (Å²) in [6.07, 6.45) is 4.64. The summed E-state index contributed by atoms with van der Waals surface area (Å²) >= 11 is 0. The van der Waals surface area contributed by atoms with E-state index < -0.39 is 0 Å². The molecule has 2 atom stereocenters. The number of carbonyl (C=O) groups is 1. The zero-order chi connectivity index (χ0) is 11.4. The molecule has 1 saturated heterocycles. The van der Waals surface area contributed by atoms with Crippen LogP contribution in [0.4, 0.5) is 0 Å². The van der Waals surface area contributed by atoms with Crippen LogP contribution in [0.25, 0.3) is 0 Å². The molecule has 0 aromatic carbocycles. The van der Waals surface area contributed by atoms with E-state index in [1.54, 1.807) is 6.92 Å². The third-order valence-electron chi connectivity index (χ3n) is 3.04. The molecule has 0 aromatic heterocycles. The summed E-state index contributed by atoms with van der Waals surface area (Å²) in [7, 11) is 0. The van der Waals surface area contributed by atoms with Gasteiger partial charge in [-0.15, -0.1) is 0 Å². The van der Waals surface area contributed by atoms with Crippen LogP contribution in [0.5, 0.6) is 0 Å². The van der Waals surface area contributed by atoms with E-state index in [-0.39, 0.29) is 11.9 Å². The number of piperidine rings is 1. The summed E-state index contributed by atoms with van der Waals surface area (Å²) in [6, 6.07) is 0.0787. The van der Waals surface area contributed by atoms with Crippen molar-refractivity contribution in [2.24, 2.45) is 11.7 Å². The van der Waals surface area contributed by atoms with Gasteiger partial charge in [0.15, 0.2) is 0 Å². The molecule has 0 saturated carbocycles. The average molecular weight is 212 g/mol. The molecule has 3 nitrogen and oxygen atoms in total. The van der Waals surface area contributed by atoms with Crippen LogP contribution in [0.15, 0.2) is 0 Å². The first-order chi connectivity index (χ1) is 7.02. The van der Waals surface area contributed by atoms with Crippen LogP contribution >= 0.6 is 0 Å². The predicted octanol–water partition coefficient (Wildman–Crippen LogP) is 1.76. The number of likely N-dealkylation sites (tertiary alicyclic amines) is 1. The Balaban J connectivity index is 2.61. The maximum atomic E-state index is 11.9. The minimum Gasteiger partial charge on any atom is -0.338 e. The van der Waals surface area contributed by atoms with Crippen molar-refractivity contribution in [1.29, 1.82) is 0 Å². The van der Waals surface area contributed by atoms with Crippen LogP contribution in [-0.4, -0.2) is 29.4 Å². The molecule has 1 aliphatic rings. The Bertz CT molecular complexity index is 214. The van der Waals surface area contributed by atoms with Crippen LogP contribution in [-0.2, 0) is 4.79 Å². The van der Waals surface area contributed by atoms with Crippen molar-refractivity contribution in [3.05, 3.63) is 0 Å². The van der Waals surface area contributed by atoms with Crippen molar-refractivity contribution in [2.75, 3.05) is 6.54 Å². The molecule has 1 rings (SSSR count). The van der Waals surface area contributed by atoms with E-state index in [1.165, 1.54) is 6.42 Å². The third kappa shape index (κ3) is 3.49. The molecule has 0 radical (unpaired) electrons. The van der Waals surface area contributed by atoms with Crippen molar-refractivity contribution in [1.82, 2.24) is 4.90 Å². The fourth-order valence-corrected chi connectivity index (χ4v) is 2.34. The molecule has 1 heterocycles. The van der Waals surface area contributed by atoms with E-state index in [0.29, 0.717) is 12.0 Å². The number of hydrogen-bond donors (Lipinski definition) is 1. The Kier molecular flexibility index (Phi) is 4.58. The molecule has 3 heteroatoms. The number of hydrogen-bond acceptors (Lipinski definition) is 2. The lowest BCUT2D eigenvalue weighted by Crippen LogP contribution is -2.50. The van der Waals surface area contributed by atoms with Crippen molar-refractivity contribution in [3.63, 3.8) is 0 Å². The van der Waals surface area contributed by atoms with Gasteiger partial charge in [0.1, 0.15) is 0 Å². The van der Waals surface area contributed by atoms with Gasteiger partial charge < -0.3 is 10.6 Å². The van der Waals surface area contributed by atoms with Gasteiger partial charge in [-0.25, -0.2) is 0 Å². The monoisotopic (exact) mass is 212 g/mol. The Morgan fingerprint density at radius 2 is 2.07 bits per heavy atom. The van der Waals surface area contributed by atoms with Gasteiger partial charge in [0.05, 0.1) is 6.04 Å². The van der Waals surface area contributed by atoms with Gasteiger partial charge in [0, 0.05) is 12.6 Å². The normalized spacial score (nSPS) is 24.3. The summed E-state index contributed by atoms with van der Waals surface area (Å²) in [4.78, 5) is 13.9. The molecule has 1 fully saturated rings. The number of rotatable bonds is 3. The maximum Gasteiger partial charge on any atom is 0.239 e. The predicted molar refractivity (Wildman–Crippen MR) is 62.5 cm³/mol. The molecule has 15 heavy (non-hydrogen) atoms. The second-order valence-corrected chi connectivity index (χ2v) is 5.10. The Labute approximate surface area is 93.0 Å². The first kappa shape index (κ1) is 12.5. The van der Waals surface area contributed by atoms with E-state index >= 15 is 0 Å². The molecule has 1 amide bonds. The van der Waals surface area contributed by atoms with E-state index in [1.807, 2.05) is 4.90 Å². The zero-order valence-corrected chi connectivity index (χ0v) is 10.2. The number of amides is 1. The molecule has 0 bridgehead atoms. The average Bonchev–Trinajstić information content (AvgIpc) is 2.16. The Morgan fingerprint density at radius 1 is 1.40 bits per heavy atom. The quantitative estimate of drug-likeness (QED) is 0.775. The molecule has 2 unspecified atom stereocenters. The molecule has 0 aliphatic carbocycles. The number of nitrogens with two attached hydrogens (primary N) is 1. The second kappa shape index (κ2) is 5.50. The van der Waals surface area contributed by atoms with E-state index in [2.05, 4.69) is 13.8 Å². The van der Waals surface area contributed by atoms with Gasteiger partial charge in [-0.3, -0.25) is 4.79 Å². The summed E-state index contributed by atoms with van der Waals surface area (Å²) in [5.41, 5.74) is 5.67. The fraction of sp³-hybridized carbons (Fsp3) is 0.917. The third-order valence-corrected chi connectivity index (χ3v) is 3.04. The molecular weight excluding hydrogens is 188 g/mol. The van der Waals surface area contributed by atoms with E-state index in [0.717, 1.165) is 25.8 Å². The molecule has 0 aromatic rings. The minimum absolute atomic E-state index is 0.125. The van der Waals surface area contributed by atoms with E-state index in [4.69, 9.17) is 5.73 Å². The lowest BCUT2D eigenvalue weighted by molar-refractivity contribution is -0.136. The first-order valence-electron chi connectivity index (χ1n) is 6.08. The molecule has 0 spiro atoms. The summed E-state index contributed by atoms with van der Waals surface area (Å²) in [6.45, 7) is 7.10. The van der Waals surface area contributed by atoms with Crippen LogP contribution in [0.2, 0.25) is 0 Å². The Hall–Kier alpha value is -0.570. The van der Waals surface area contributed by atoms with Crippen LogP contribution < -0.4 is 5.73 Å². The molecule has 1 aliphatic heterocycles.